The van der Waals surface area contributed by atoms with E-state index in [9.17, 15) is 5.11 Å². The molecule has 0 unspecified atom stereocenters. The van der Waals surface area contributed by atoms with Crippen LogP contribution < -0.4 is 0 Å². The van der Waals surface area contributed by atoms with E-state index in [1.165, 1.54) is 12.0 Å². The van der Waals surface area contributed by atoms with Gasteiger partial charge in [-0.2, -0.15) is 0 Å². The van der Waals surface area contributed by atoms with Gasteiger partial charge in [-0.05, 0) is 31.7 Å². The van der Waals surface area contributed by atoms with Crippen LogP contribution in [0.5, 0.6) is 0 Å². The van der Waals surface area contributed by atoms with Crippen LogP contribution in [-0.2, 0) is 0 Å². The maximum atomic E-state index is 10.2. The molecule has 0 fully saturated rings. The Bertz CT molecular complexity index is 337. The predicted octanol–water partition coefficient (Wildman–Crippen LogP) is 3.38. The fraction of sp³-hybridized carbons (Fsp3) is 0.429. The highest BCUT2D eigenvalue weighted by Crippen LogP contribution is 2.30. The van der Waals surface area contributed by atoms with Crippen molar-refractivity contribution in [3.8, 4) is 0 Å². The fourth-order valence-corrected chi connectivity index (χ4v) is 2.11. The molecule has 0 saturated heterocycles. The Balaban J connectivity index is 2.12. The third-order valence-electron chi connectivity index (χ3n) is 3.12. The standard InChI is InChI=1S/C14H18O/c1-11-7-9-13(10-8-11)14(15)12-5-3-2-4-6-12/h3,5,7-10,12,14-15H,2,4,6H2,1H3/t12-,14+/m0/s1. The van der Waals surface area contributed by atoms with Gasteiger partial charge < -0.3 is 5.11 Å². The van der Waals surface area contributed by atoms with Gasteiger partial charge in [0.2, 0.25) is 0 Å². The molecule has 2 rings (SSSR count). The Hall–Kier alpha value is -1.08. The lowest BCUT2D eigenvalue weighted by atomic mass is 9.87. The minimum absolute atomic E-state index is 0.307. The summed E-state index contributed by atoms with van der Waals surface area (Å²) in [5.41, 5.74) is 2.28. The Morgan fingerprint density at radius 1 is 1.27 bits per heavy atom. The molecule has 1 aliphatic carbocycles. The summed E-state index contributed by atoms with van der Waals surface area (Å²) in [5, 5.41) is 10.2. The van der Waals surface area contributed by atoms with Crippen LogP contribution in [0, 0.1) is 12.8 Å². The van der Waals surface area contributed by atoms with Gasteiger partial charge in [-0.1, -0.05) is 42.0 Å². The second-order valence-electron chi connectivity index (χ2n) is 4.38. The van der Waals surface area contributed by atoms with Gasteiger partial charge in [-0.15, -0.1) is 0 Å². The Kier molecular flexibility index (Phi) is 3.22. The van der Waals surface area contributed by atoms with E-state index in [0.717, 1.165) is 18.4 Å². The van der Waals surface area contributed by atoms with Crippen molar-refractivity contribution in [1.82, 2.24) is 0 Å². The number of benzene rings is 1. The first kappa shape index (κ1) is 10.4. The molecule has 15 heavy (non-hydrogen) atoms. The van der Waals surface area contributed by atoms with Crippen LogP contribution in [0.3, 0.4) is 0 Å². The van der Waals surface area contributed by atoms with E-state index in [1.807, 2.05) is 12.1 Å². The lowest BCUT2D eigenvalue weighted by Gasteiger charge is -2.22. The fourth-order valence-electron chi connectivity index (χ4n) is 2.11. The van der Waals surface area contributed by atoms with E-state index in [2.05, 4.69) is 31.2 Å². The van der Waals surface area contributed by atoms with Crippen LogP contribution in [0.15, 0.2) is 36.4 Å². The molecule has 80 valence electrons. The first-order chi connectivity index (χ1) is 7.27. The predicted molar refractivity (Wildman–Crippen MR) is 62.6 cm³/mol. The summed E-state index contributed by atoms with van der Waals surface area (Å²) in [6, 6.07) is 8.18. The van der Waals surface area contributed by atoms with Crippen molar-refractivity contribution in [1.29, 1.82) is 0 Å². The molecule has 0 bridgehead atoms. The molecule has 0 spiro atoms. The lowest BCUT2D eigenvalue weighted by Crippen LogP contribution is -2.12. The summed E-state index contributed by atoms with van der Waals surface area (Å²) < 4.78 is 0. The molecule has 2 atom stereocenters. The van der Waals surface area contributed by atoms with E-state index in [4.69, 9.17) is 0 Å². The molecule has 0 radical (unpaired) electrons. The summed E-state index contributed by atoms with van der Waals surface area (Å²) >= 11 is 0. The molecule has 1 nitrogen and oxygen atoms in total. The smallest absolute Gasteiger partial charge is 0.0852 e. The second kappa shape index (κ2) is 4.63. The molecule has 0 saturated carbocycles. The molecular formula is C14H18O. The maximum absolute atomic E-state index is 10.2. The van der Waals surface area contributed by atoms with Crippen LogP contribution in [0.1, 0.15) is 36.5 Å². The van der Waals surface area contributed by atoms with Crippen molar-refractivity contribution in [2.24, 2.45) is 5.92 Å². The normalized spacial score (nSPS) is 22.7. The van der Waals surface area contributed by atoms with Crippen molar-refractivity contribution in [2.45, 2.75) is 32.3 Å². The van der Waals surface area contributed by atoms with E-state index in [0.29, 0.717) is 5.92 Å². The highest BCUT2D eigenvalue weighted by molar-refractivity contribution is 5.24. The van der Waals surface area contributed by atoms with Crippen LogP contribution >= 0.6 is 0 Å². The van der Waals surface area contributed by atoms with Gasteiger partial charge in [0.05, 0.1) is 6.10 Å². The lowest BCUT2D eigenvalue weighted by molar-refractivity contribution is 0.123. The molecule has 1 aliphatic rings. The summed E-state index contributed by atoms with van der Waals surface area (Å²) in [7, 11) is 0. The number of aliphatic hydroxyl groups is 1. The Labute approximate surface area is 91.4 Å². The first-order valence-corrected chi connectivity index (χ1v) is 5.68. The topological polar surface area (TPSA) is 20.2 Å². The quantitative estimate of drug-likeness (QED) is 0.729. The van der Waals surface area contributed by atoms with Crippen LogP contribution in [0.4, 0.5) is 0 Å². The van der Waals surface area contributed by atoms with Crippen LogP contribution in [0.2, 0.25) is 0 Å². The van der Waals surface area contributed by atoms with Gasteiger partial charge in [0, 0.05) is 5.92 Å². The third kappa shape index (κ3) is 2.48. The molecule has 0 aliphatic heterocycles. The summed E-state index contributed by atoms with van der Waals surface area (Å²) in [4.78, 5) is 0. The van der Waals surface area contributed by atoms with Crippen molar-refractivity contribution in [2.75, 3.05) is 0 Å². The number of hydrogen-bond acceptors (Lipinski definition) is 1. The molecule has 0 amide bonds. The van der Waals surface area contributed by atoms with Gasteiger partial charge in [-0.25, -0.2) is 0 Å². The monoisotopic (exact) mass is 202 g/mol. The van der Waals surface area contributed by atoms with Gasteiger partial charge in [-0.3, -0.25) is 0 Å². The Morgan fingerprint density at radius 3 is 2.60 bits per heavy atom. The second-order valence-corrected chi connectivity index (χ2v) is 4.38. The zero-order chi connectivity index (χ0) is 10.7. The Morgan fingerprint density at radius 2 is 2.00 bits per heavy atom. The molecule has 1 aromatic carbocycles. The SMILES string of the molecule is Cc1ccc([C@H](O)[C@H]2C=CCCC2)cc1. The first-order valence-electron chi connectivity index (χ1n) is 5.68. The summed E-state index contributed by atoms with van der Waals surface area (Å²) in [6.45, 7) is 2.07. The number of aryl methyl sites for hydroxylation is 1. The minimum Gasteiger partial charge on any atom is -0.388 e. The van der Waals surface area contributed by atoms with Crippen molar-refractivity contribution in [3.63, 3.8) is 0 Å². The number of hydrogen-bond donors (Lipinski definition) is 1. The zero-order valence-electron chi connectivity index (χ0n) is 9.19. The maximum Gasteiger partial charge on any atom is 0.0852 e. The summed E-state index contributed by atoms with van der Waals surface area (Å²) in [6.07, 6.45) is 7.48. The molecule has 0 aromatic heterocycles. The largest absolute Gasteiger partial charge is 0.388 e. The molecule has 1 heteroatoms. The number of aliphatic hydroxyl groups excluding tert-OH is 1. The van der Waals surface area contributed by atoms with Gasteiger partial charge in [0.1, 0.15) is 0 Å². The molecule has 1 aromatic rings. The molecular weight excluding hydrogens is 184 g/mol. The average molecular weight is 202 g/mol. The van der Waals surface area contributed by atoms with Gasteiger partial charge in [0.25, 0.3) is 0 Å². The van der Waals surface area contributed by atoms with Crippen molar-refractivity contribution < 1.29 is 5.11 Å². The van der Waals surface area contributed by atoms with Gasteiger partial charge >= 0.3 is 0 Å². The summed E-state index contributed by atoms with van der Waals surface area (Å²) in [5.74, 6) is 0.307. The zero-order valence-corrected chi connectivity index (χ0v) is 9.19. The van der Waals surface area contributed by atoms with E-state index in [1.54, 1.807) is 0 Å². The molecule has 1 N–H and O–H groups in total. The minimum atomic E-state index is -0.331. The highest BCUT2D eigenvalue weighted by atomic mass is 16.3. The van der Waals surface area contributed by atoms with Crippen molar-refractivity contribution in [3.05, 3.63) is 47.5 Å². The van der Waals surface area contributed by atoms with Crippen LogP contribution in [-0.4, -0.2) is 5.11 Å². The average Bonchev–Trinajstić information content (AvgIpc) is 2.30. The third-order valence-corrected chi connectivity index (χ3v) is 3.12. The van der Waals surface area contributed by atoms with Crippen LogP contribution in [0.25, 0.3) is 0 Å². The van der Waals surface area contributed by atoms with E-state index >= 15 is 0 Å². The van der Waals surface area contributed by atoms with Crippen molar-refractivity contribution >= 4 is 0 Å². The molecule has 0 heterocycles. The van der Waals surface area contributed by atoms with Gasteiger partial charge in [0.15, 0.2) is 0 Å². The van der Waals surface area contributed by atoms with E-state index < -0.39 is 0 Å². The highest BCUT2D eigenvalue weighted by Gasteiger charge is 2.19. The number of rotatable bonds is 2. The number of allylic oxidation sites excluding steroid dienone is 1. The van der Waals surface area contributed by atoms with E-state index in [-0.39, 0.29) is 6.10 Å².